The molecule has 0 radical (unpaired) electrons. The van der Waals surface area contributed by atoms with E-state index in [-0.39, 0.29) is 17.2 Å². The molecule has 22 heavy (non-hydrogen) atoms. The zero-order valence-electron chi connectivity index (χ0n) is 12.7. The topological polar surface area (TPSA) is 116 Å². The van der Waals surface area contributed by atoms with Gasteiger partial charge in [0.05, 0.1) is 11.3 Å². The Morgan fingerprint density at radius 2 is 1.91 bits per heavy atom. The number of aliphatic imine (C=N–C) groups is 1. The molecule has 10 heteroatoms. The SMILES string of the molecule is CN(C)C=Nc1nc(C(=O)N/N=C/N(C)C)ccc1[N+](=O)[O-]. The third-order valence-corrected chi connectivity index (χ3v) is 2.15. The van der Waals surface area contributed by atoms with E-state index >= 15 is 0 Å². The smallest absolute Gasteiger partial charge is 0.313 e. The van der Waals surface area contributed by atoms with Gasteiger partial charge in [-0.15, -0.1) is 0 Å². The molecule has 0 aliphatic rings. The molecule has 1 aromatic heterocycles. The molecule has 1 heterocycles. The Morgan fingerprint density at radius 1 is 1.27 bits per heavy atom. The van der Waals surface area contributed by atoms with Gasteiger partial charge in [0, 0.05) is 34.3 Å². The predicted molar refractivity (Wildman–Crippen MR) is 82.4 cm³/mol. The monoisotopic (exact) mass is 307 g/mol. The Balaban J connectivity index is 3.05. The summed E-state index contributed by atoms with van der Waals surface area (Å²) in [4.78, 5) is 33.2. The first kappa shape index (κ1) is 17.0. The predicted octanol–water partition coefficient (Wildman–Crippen LogP) is 0.446. The lowest BCUT2D eigenvalue weighted by atomic mass is 10.3. The number of aromatic nitrogens is 1. The maximum Gasteiger partial charge on any atom is 0.313 e. The normalized spacial score (nSPS) is 10.9. The van der Waals surface area contributed by atoms with Crippen LogP contribution < -0.4 is 5.43 Å². The fourth-order valence-corrected chi connectivity index (χ4v) is 1.24. The van der Waals surface area contributed by atoms with Crippen molar-refractivity contribution in [2.24, 2.45) is 10.1 Å². The maximum atomic E-state index is 11.9. The fraction of sp³-hybridized carbons (Fsp3) is 0.333. The van der Waals surface area contributed by atoms with Crippen LogP contribution in [0.1, 0.15) is 10.5 Å². The van der Waals surface area contributed by atoms with Crippen LogP contribution in [0, 0.1) is 10.1 Å². The van der Waals surface area contributed by atoms with Gasteiger partial charge in [-0.25, -0.2) is 15.4 Å². The Bertz CT molecular complexity index is 611. The van der Waals surface area contributed by atoms with Gasteiger partial charge in [0.2, 0.25) is 5.82 Å². The molecule has 118 valence electrons. The average Bonchev–Trinajstić information content (AvgIpc) is 2.44. The van der Waals surface area contributed by atoms with Gasteiger partial charge in [-0.2, -0.15) is 5.10 Å². The van der Waals surface area contributed by atoms with Gasteiger partial charge in [-0.3, -0.25) is 14.9 Å². The van der Waals surface area contributed by atoms with Crippen molar-refractivity contribution in [3.05, 3.63) is 27.9 Å². The largest absolute Gasteiger partial charge is 0.369 e. The van der Waals surface area contributed by atoms with Crippen LogP contribution in [0.5, 0.6) is 0 Å². The van der Waals surface area contributed by atoms with Crippen LogP contribution in [-0.2, 0) is 0 Å². The van der Waals surface area contributed by atoms with E-state index in [0.717, 1.165) is 0 Å². The average molecular weight is 307 g/mol. The van der Waals surface area contributed by atoms with E-state index in [2.05, 4.69) is 20.5 Å². The minimum Gasteiger partial charge on any atom is -0.369 e. The van der Waals surface area contributed by atoms with Crippen molar-refractivity contribution in [3.63, 3.8) is 0 Å². The van der Waals surface area contributed by atoms with Crippen LogP contribution >= 0.6 is 0 Å². The highest BCUT2D eigenvalue weighted by Crippen LogP contribution is 2.24. The van der Waals surface area contributed by atoms with Gasteiger partial charge in [-0.1, -0.05) is 0 Å². The zero-order valence-corrected chi connectivity index (χ0v) is 12.7. The number of rotatable bonds is 6. The van der Waals surface area contributed by atoms with Gasteiger partial charge < -0.3 is 9.80 Å². The second-order valence-electron chi connectivity index (χ2n) is 4.65. The van der Waals surface area contributed by atoms with Crippen LogP contribution in [0.15, 0.2) is 22.2 Å². The molecule has 0 atom stereocenters. The molecule has 0 spiro atoms. The third-order valence-electron chi connectivity index (χ3n) is 2.15. The van der Waals surface area contributed by atoms with Crippen molar-refractivity contribution in [1.82, 2.24) is 20.2 Å². The summed E-state index contributed by atoms with van der Waals surface area (Å²) in [5, 5.41) is 14.6. The lowest BCUT2D eigenvalue weighted by Crippen LogP contribution is -2.21. The lowest BCUT2D eigenvalue weighted by molar-refractivity contribution is -0.384. The molecule has 1 aromatic rings. The third kappa shape index (κ3) is 5.15. The molecule has 0 aliphatic carbocycles. The van der Waals surface area contributed by atoms with Gasteiger partial charge in [0.1, 0.15) is 12.0 Å². The number of nitrogens with zero attached hydrogens (tertiary/aromatic N) is 6. The minimum atomic E-state index is -0.610. The summed E-state index contributed by atoms with van der Waals surface area (Å²) in [6.45, 7) is 0. The number of carbonyl (C=O) groups is 1. The van der Waals surface area contributed by atoms with Crippen LogP contribution in [0.4, 0.5) is 11.5 Å². The molecule has 0 aliphatic heterocycles. The van der Waals surface area contributed by atoms with Crippen molar-refractivity contribution in [1.29, 1.82) is 0 Å². The summed E-state index contributed by atoms with van der Waals surface area (Å²) < 4.78 is 0. The Hall–Kier alpha value is -3.04. The molecule has 0 fully saturated rings. The Kier molecular flexibility index (Phi) is 5.93. The Labute approximate surface area is 127 Å². The van der Waals surface area contributed by atoms with Crippen molar-refractivity contribution < 1.29 is 9.72 Å². The molecule has 10 nitrogen and oxygen atoms in total. The standard InChI is InChI=1S/C12H17N7O3/c1-17(2)7-13-11-10(19(21)22)6-5-9(15-11)12(20)16-14-8-18(3)4/h5-8H,1-4H3,(H,16,20)/b13-7?,14-8+. The number of pyridine rings is 1. The lowest BCUT2D eigenvalue weighted by Gasteiger charge is -2.05. The van der Waals surface area contributed by atoms with E-state index in [1.165, 1.54) is 24.8 Å². The first-order valence-electron chi connectivity index (χ1n) is 6.17. The summed E-state index contributed by atoms with van der Waals surface area (Å²) >= 11 is 0. The molecule has 0 unspecified atom stereocenters. The molecular weight excluding hydrogens is 290 g/mol. The van der Waals surface area contributed by atoms with Crippen molar-refractivity contribution in [2.75, 3.05) is 28.2 Å². The summed E-state index contributed by atoms with van der Waals surface area (Å²) in [6.07, 6.45) is 2.76. The van der Waals surface area contributed by atoms with E-state index in [1.54, 1.807) is 38.0 Å². The number of hydrogen-bond donors (Lipinski definition) is 1. The van der Waals surface area contributed by atoms with Crippen LogP contribution in [0.3, 0.4) is 0 Å². The quantitative estimate of drug-likeness (QED) is 0.353. The summed E-state index contributed by atoms with van der Waals surface area (Å²) in [5.74, 6) is -0.739. The second kappa shape index (κ2) is 7.67. The summed E-state index contributed by atoms with van der Waals surface area (Å²) in [6, 6.07) is 2.42. The number of amides is 1. The van der Waals surface area contributed by atoms with E-state index < -0.39 is 10.8 Å². The maximum absolute atomic E-state index is 11.9. The highest BCUT2D eigenvalue weighted by Gasteiger charge is 2.18. The van der Waals surface area contributed by atoms with E-state index in [0.29, 0.717) is 0 Å². The van der Waals surface area contributed by atoms with Gasteiger partial charge in [-0.05, 0) is 6.07 Å². The molecule has 0 saturated carbocycles. The molecule has 0 aromatic carbocycles. The highest BCUT2D eigenvalue weighted by molar-refractivity contribution is 5.93. The van der Waals surface area contributed by atoms with E-state index in [4.69, 9.17) is 0 Å². The fourth-order valence-electron chi connectivity index (χ4n) is 1.24. The van der Waals surface area contributed by atoms with Gasteiger partial charge in [0.15, 0.2) is 0 Å². The van der Waals surface area contributed by atoms with E-state index in [9.17, 15) is 14.9 Å². The van der Waals surface area contributed by atoms with Crippen LogP contribution in [0.25, 0.3) is 0 Å². The van der Waals surface area contributed by atoms with Crippen molar-refractivity contribution in [3.8, 4) is 0 Å². The van der Waals surface area contributed by atoms with Gasteiger partial charge >= 0.3 is 5.69 Å². The highest BCUT2D eigenvalue weighted by atomic mass is 16.6. The van der Waals surface area contributed by atoms with Crippen LogP contribution in [0.2, 0.25) is 0 Å². The van der Waals surface area contributed by atoms with E-state index in [1.807, 2.05) is 0 Å². The number of nitro groups is 1. The molecule has 1 rings (SSSR count). The molecule has 0 saturated heterocycles. The minimum absolute atomic E-state index is 0.0209. The molecule has 1 N–H and O–H groups in total. The zero-order chi connectivity index (χ0) is 16.7. The van der Waals surface area contributed by atoms with Crippen LogP contribution in [-0.4, -0.2) is 66.5 Å². The summed E-state index contributed by atoms with van der Waals surface area (Å²) in [7, 11) is 6.91. The first-order valence-corrected chi connectivity index (χ1v) is 6.17. The second-order valence-corrected chi connectivity index (χ2v) is 4.65. The van der Waals surface area contributed by atoms with Gasteiger partial charge in [0.25, 0.3) is 5.91 Å². The number of nitrogens with one attached hydrogen (secondary N) is 1. The first-order chi connectivity index (χ1) is 10.3. The summed E-state index contributed by atoms with van der Waals surface area (Å²) in [5.41, 5.74) is 1.96. The van der Waals surface area contributed by atoms with Crippen molar-refractivity contribution >= 4 is 30.1 Å². The Morgan fingerprint density at radius 3 is 2.45 bits per heavy atom. The molecule has 1 amide bonds. The number of carbonyl (C=O) groups excluding carboxylic acids is 1. The molecule has 0 bridgehead atoms. The molecular formula is C12H17N7O3. The number of hydrogen-bond acceptors (Lipinski definition) is 6. The van der Waals surface area contributed by atoms with Crippen molar-refractivity contribution in [2.45, 2.75) is 0 Å². The number of hydrazone groups is 1.